The molecule has 0 amide bonds. The third-order valence-electron chi connectivity index (χ3n) is 14.5. The number of ether oxygens (including phenoxy) is 4. The Hall–Kier alpha value is -2.75. The number of carbonyl (C=O) groups excluding carboxylic acids is 3. The van der Waals surface area contributed by atoms with Gasteiger partial charge in [0, 0.05) is 12.8 Å². The molecule has 0 radical (unpaired) electrons. The molecule has 9 heteroatoms. The smallest absolute Gasteiger partial charge is 0.306 e. The van der Waals surface area contributed by atoms with Crippen LogP contribution in [0.5, 0.6) is 0 Å². The zero-order chi connectivity index (χ0) is 56.2. The van der Waals surface area contributed by atoms with Gasteiger partial charge < -0.3 is 33.3 Å². The Morgan fingerprint density at radius 2 is 0.701 bits per heavy atom. The molecule has 0 aromatic carbocycles. The van der Waals surface area contributed by atoms with E-state index in [0.717, 1.165) is 44.9 Å². The molecule has 77 heavy (non-hydrogen) atoms. The first kappa shape index (κ1) is 74.2. The summed E-state index contributed by atoms with van der Waals surface area (Å²) >= 11 is 0. The van der Waals surface area contributed by atoms with Gasteiger partial charge in [-0.2, -0.15) is 0 Å². The van der Waals surface area contributed by atoms with Crippen LogP contribution in [0.3, 0.4) is 0 Å². The number of allylic oxidation sites excluding steroid dienone is 8. The topological polar surface area (TPSA) is 111 Å². The summed E-state index contributed by atoms with van der Waals surface area (Å²) in [6.45, 7) is 4.78. The van der Waals surface area contributed by atoms with Gasteiger partial charge >= 0.3 is 11.9 Å². The lowest BCUT2D eigenvalue weighted by Gasteiger charge is -2.26. The molecule has 9 nitrogen and oxygen atoms in total. The Morgan fingerprint density at radius 1 is 0.390 bits per heavy atom. The zero-order valence-electron chi connectivity index (χ0n) is 51.3. The first-order valence-electron chi connectivity index (χ1n) is 32.8. The molecule has 2 atom stereocenters. The lowest BCUT2D eigenvalue weighted by atomic mass is 10.0. The van der Waals surface area contributed by atoms with Crippen molar-refractivity contribution in [3.63, 3.8) is 0 Å². The van der Waals surface area contributed by atoms with Crippen molar-refractivity contribution in [1.82, 2.24) is 0 Å². The molecule has 0 N–H and O–H groups in total. The first-order chi connectivity index (χ1) is 37.6. The average molecular weight is 1080 g/mol. The highest BCUT2D eigenvalue weighted by molar-refractivity contribution is 5.70. The molecule has 0 saturated carbocycles. The second-order valence-corrected chi connectivity index (χ2v) is 23.4. The molecule has 0 saturated heterocycles. The SMILES string of the molecule is CCCCCCC/C=C\C/C=C\C/C=C\CCCCCCCCCCCCCCCCC(=O)OC(COC(=O)CCCCCCCCCCCCC/C=C\CCCCCCCCCC)COC(OCC[N+](C)(C)C)C(=O)[O-]. The number of carboxylic acid groups (broad SMARTS) is 1. The standard InChI is InChI=1S/C68H125NO8/c1-6-8-10-12-14-16-18-20-22-24-26-28-30-31-32-33-34-35-37-39-41-43-45-47-49-51-53-55-57-59-66(71)77-64(63-76-68(67(72)73)74-61-60-69(3,4)5)62-75-65(70)58-56-54-52-50-48-46-44-42-40-38-36-29-27-25-23-21-19-17-15-13-11-9-7-2/h18,20,24-27,30-31,64,68H,6-17,19,21-23,28-29,32-63H2,1-5H3/b20-18-,26-24-,27-25-,31-30-. The number of esters is 2. The molecule has 2 unspecified atom stereocenters. The summed E-state index contributed by atoms with van der Waals surface area (Å²) in [6, 6.07) is 0. The normalized spacial score (nSPS) is 13.0. The van der Waals surface area contributed by atoms with Gasteiger partial charge in [0.1, 0.15) is 13.2 Å². The van der Waals surface area contributed by atoms with Gasteiger partial charge in [-0.25, -0.2) is 0 Å². The maximum Gasteiger partial charge on any atom is 0.306 e. The fraction of sp³-hybridized carbons (Fsp3) is 0.838. The van der Waals surface area contributed by atoms with Crippen molar-refractivity contribution in [1.29, 1.82) is 0 Å². The Bertz CT molecular complexity index is 1400. The minimum Gasteiger partial charge on any atom is -0.545 e. The predicted octanol–water partition coefficient (Wildman–Crippen LogP) is 18.5. The zero-order valence-corrected chi connectivity index (χ0v) is 51.3. The van der Waals surface area contributed by atoms with E-state index in [-0.39, 0.29) is 32.2 Å². The van der Waals surface area contributed by atoms with E-state index in [4.69, 9.17) is 18.9 Å². The van der Waals surface area contributed by atoms with Gasteiger partial charge in [-0.05, 0) is 77.0 Å². The quantitative estimate of drug-likeness (QED) is 0.0195. The van der Waals surface area contributed by atoms with Crippen molar-refractivity contribution in [2.75, 3.05) is 47.5 Å². The van der Waals surface area contributed by atoms with E-state index in [1.165, 1.54) is 231 Å². The molecule has 0 rings (SSSR count). The van der Waals surface area contributed by atoms with Crippen molar-refractivity contribution in [3.8, 4) is 0 Å². The molecule has 0 fully saturated rings. The van der Waals surface area contributed by atoms with E-state index in [9.17, 15) is 19.5 Å². The van der Waals surface area contributed by atoms with Gasteiger partial charge in [-0.1, -0.05) is 268 Å². The van der Waals surface area contributed by atoms with Crippen LogP contribution in [0, 0.1) is 0 Å². The number of carboxylic acids is 1. The van der Waals surface area contributed by atoms with E-state index in [2.05, 4.69) is 62.5 Å². The van der Waals surface area contributed by atoms with Crippen LogP contribution >= 0.6 is 0 Å². The van der Waals surface area contributed by atoms with Crippen LogP contribution in [0.2, 0.25) is 0 Å². The number of aliphatic carboxylic acids is 1. The molecular weight excluding hydrogens is 959 g/mol. The Morgan fingerprint density at radius 3 is 1.05 bits per heavy atom. The fourth-order valence-corrected chi connectivity index (χ4v) is 9.48. The van der Waals surface area contributed by atoms with Crippen LogP contribution in [0.4, 0.5) is 0 Å². The molecule has 0 spiro atoms. The average Bonchev–Trinajstić information content (AvgIpc) is 3.40. The van der Waals surface area contributed by atoms with E-state index in [1.54, 1.807) is 0 Å². The molecule has 0 aromatic heterocycles. The highest BCUT2D eigenvalue weighted by Gasteiger charge is 2.22. The number of likely N-dealkylation sites (N-methyl/N-ethyl adjacent to an activating group) is 1. The van der Waals surface area contributed by atoms with Crippen LogP contribution in [0.15, 0.2) is 48.6 Å². The summed E-state index contributed by atoms with van der Waals surface area (Å²) in [6.07, 6.45) is 71.7. The molecular formula is C68H125NO8. The highest BCUT2D eigenvalue weighted by atomic mass is 16.7. The maximum atomic E-state index is 12.9. The summed E-state index contributed by atoms with van der Waals surface area (Å²) in [4.78, 5) is 37.4. The lowest BCUT2D eigenvalue weighted by molar-refractivity contribution is -0.870. The van der Waals surface area contributed by atoms with Gasteiger partial charge in [-0.3, -0.25) is 9.59 Å². The summed E-state index contributed by atoms with van der Waals surface area (Å²) in [7, 11) is 5.93. The third kappa shape index (κ3) is 60.7. The molecule has 0 aliphatic carbocycles. The summed E-state index contributed by atoms with van der Waals surface area (Å²) in [5, 5.41) is 11.8. The van der Waals surface area contributed by atoms with Crippen LogP contribution in [0.1, 0.15) is 309 Å². The summed E-state index contributed by atoms with van der Waals surface area (Å²) in [5.41, 5.74) is 0. The summed E-state index contributed by atoms with van der Waals surface area (Å²) in [5.74, 6) is -2.27. The lowest BCUT2D eigenvalue weighted by Crippen LogP contribution is -2.44. The third-order valence-corrected chi connectivity index (χ3v) is 14.5. The van der Waals surface area contributed by atoms with Gasteiger partial charge in [-0.15, -0.1) is 0 Å². The minimum atomic E-state index is -1.62. The van der Waals surface area contributed by atoms with Gasteiger partial charge in [0.15, 0.2) is 12.4 Å². The second kappa shape index (κ2) is 59.4. The first-order valence-corrected chi connectivity index (χ1v) is 32.8. The fourth-order valence-electron chi connectivity index (χ4n) is 9.48. The number of hydrogen-bond acceptors (Lipinski definition) is 8. The molecule has 0 aromatic rings. The number of quaternary nitrogens is 1. The van der Waals surface area contributed by atoms with Crippen molar-refractivity contribution < 1.29 is 42.9 Å². The van der Waals surface area contributed by atoms with Crippen LogP contribution in [0.25, 0.3) is 0 Å². The van der Waals surface area contributed by atoms with Crippen molar-refractivity contribution in [2.24, 2.45) is 0 Å². The summed E-state index contributed by atoms with van der Waals surface area (Å²) < 4.78 is 22.8. The molecule has 0 aliphatic heterocycles. The van der Waals surface area contributed by atoms with E-state index < -0.39 is 24.3 Å². The highest BCUT2D eigenvalue weighted by Crippen LogP contribution is 2.17. The number of rotatable bonds is 61. The van der Waals surface area contributed by atoms with Crippen LogP contribution in [-0.2, 0) is 33.3 Å². The second-order valence-electron chi connectivity index (χ2n) is 23.4. The number of unbranched alkanes of at least 4 members (excludes halogenated alkanes) is 38. The van der Waals surface area contributed by atoms with E-state index in [0.29, 0.717) is 23.9 Å². The minimum absolute atomic E-state index is 0.148. The largest absolute Gasteiger partial charge is 0.545 e. The number of hydrogen-bond donors (Lipinski definition) is 0. The van der Waals surface area contributed by atoms with Crippen molar-refractivity contribution in [2.45, 2.75) is 322 Å². The van der Waals surface area contributed by atoms with Gasteiger partial charge in [0.05, 0.1) is 40.3 Å². The molecule has 0 aliphatic rings. The van der Waals surface area contributed by atoms with Crippen LogP contribution in [-0.4, -0.2) is 82.3 Å². The van der Waals surface area contributed by atoms with Crippen molar-refractivity contribution >= 4 is 17.9 Å². The van der Waals surface area contributed by atoms with Crippen molar-refractivity contribution in [3.05, 3.63) is 48.6 Å². The Labute approximate surface area is 476 Å². The molecule has 450 valence electrons. The maximum absolute atomic E-state index is 12.9. The van der Waals surface area contributed by atoms with Gasteiger partial charge in [0.25, 0.3) is 0 Å². The number of carbonyl (C=O) groups is 3. The van der Waals surface area contributed by atoms with Crippen LogP contribution < -0.4 is 5.11 Å². The Balaban J connectivity index is 4.15. The monoisotopic (exact) mass is 1080 g/mol. The van der Waals surface area contributed by atoms with E-state index in [1.807, 2.05) is 21.1 Å². The number of nitrogens with zero attached hydrogens (tertiary/aromatic N) is 1. The Kier molecular flexibility index (Phi) is 57.3. The van der Waals surface area contributed by atoms with E-state index >= 15 is 0 Å². The predicted molar refractivity (Wildman–Crippen MR) is 325 cm³/mol. The molecule has 0 bridgehead atoms. The van der Waals surface area contributed by atoms with Gasteiger partial charge in [0.2, 0.25) is 0 Å². The molecule has 0 heterocycles.